The van der Waals surface area contributed by atoms with E-state index < -0.39 is 0 Å². The minimum atomic E-state index is 0.559. The molecule has 0 N–H and O–H groups in total. The fraction of sp³-hybridized carbons (Fsp3) is 1.00. The Hall–Kier alpha value is 1.31. The standard InChI is InChI=1S/C8H16P.Bi.H/c1-2-3-6-9-7-4-5-8-9;;/h1-8H2;;. The van der Waals surface area contributed by atoms with E-state index in [0.717, 1.165) is 0 Å². The molecule has 2 heteroatoms. The van der Waals surface area contributed by atoms with Gasteiger partial charge >= 0.3 is 80.9 Å². The van der Waals surface area contributed by atoms with Gasteiger partial charge < -0.3 is 0 Å². The first kappa shape index (κ1) is 9.40. The van der Waals surface area contributed by atoms with Crippen LogP contribution >= 0.6 is 7.92 Å². The van der Waals surface area contributed by atoms with Gasteiger partial charge in [-0.1, -0.05) is 0 Å². The topological polar surface area (TPSA) is 0 Å². The number of hydrogen-bond donors (Lipinski definition) is 0. The van der Waals surface area contributed by atoms with Crippen molar-refractivity contribution in [3.05, 3.63) is 0 Å². The van der Waals surface area contributed by atoms with Gasteiger partial charge in [0.25, 0.3) is 0 Å². The Morgan fingerprint density at radius 1 is 1.10 bits per heavy atom. The van der Waals surface area contributed by atoms with Gasteiger partial charge in [0.1, 0.15) is 0 Å². The third-order valence-electron chi connectivity index (χ3n) is 2.10. The van der Waals surface area contributed by atoms with Crippen molar-refractivity contribution in [3.8, 4) is 0 Å². The van der Waals surface area contributed by atoms with E-state index in [1.54, 1.807) is 37.7 Å². The Balaban J connectivity index is 1.91. The van der Waals surface area contributed by atoms with E-state index in [1.807, 2.05) is 0 Å². The van der Waals surface area contributed by atoms with Crippen molar-refractivity contribution in [2.24, 2.45) is 0 Å². The van der Waals surface area contributed by atoms with E-state index in [1.165, 1.54) is 35.3 Å². The molecule has 0 aromatic carbocycles. The maximum absolute atomic E-state index is 1.61. The predicted molar refractivity (Wildman–Crippen MR) is 51.9 cm³/mol. The summed E-state index contributed by atoms with van der Waals surface area (Å²) in [6.45, 7) is 0. The Kier molecular flexibility index (Phi) is 5.55. The van der Waals surface area contributed by atoms with E-state index in [2.05, 4.69) is 0 Å². The van der Waals surface area contributed by atoms with Gasteiger partial charge in [0.2, 0.25) is 0 Å². The normalized spacial score (nSPS) is 20.1. The molecule has 0 unspecified atom stereocenters. The van der Waals surface area contributed by atoms with Gasteiger partial charge in [-0.3, -0.25) is 0 Å². The maximum atomic E-state index is 1.61. The van der Waals surface area contributed by atoms with Crippen LogP contribution in [0, 0.1) is 0 Å². The fourth-order valence-corrected chi connectivity index (χ4v) is 5.12. The summed E-state index contributed by atoms with van der Waals surface area (Å²) >= 11 is 1.42. The molecule has 1 radical (unpaired) electrons. The third kappa shape index (κ3) is 3.63. The Bertz CT molecular complexity index is 79.3. The van der Waals surface area contributed by atoms with E-state index in [-0.39, 0.29) is 0 Å². The van der Waals surface area contributed by atoms with Crippen molar-refractivity contribution >= 4 is 32.6 Å². The molecule has 1 rings (SSSR count). The number of hydrogen-bond acceptors (Lipinski definition) is 0. The van der Waals surface area contributed by atoms with Crippen LogP contribution in [0.15, 0.2) is 0 Å². The van der Waals surface area contributed by atoms with Gasteiger partial charge in [0, 0.05) is 0 Å². The van der Waals surface area contributed by atoms with Crippen LogP contribution in [0.25, 0.3) is 0 Å². The van der Waals surface area contributed by atoms with Crippen molar-refractivity contribution in [1.82, 2.24) is 0 Å². The molecule has 0 aromatic rings. The SMILES string of the molecule is [BiH][CH2]CCCP1CCCC1. The molecule has 1 aliphatic rings. The Morgan fingerprint density at radius 2 is 1.80 bits per heavy atom. The second kappa shape index (κ2) is 5.90. The average Bonchev–Trinajstić information content (AvgIpc) is 2.41. The summed E-state index contributed by atoms with van der Waals surface area (Å²) in [7, 11) is 0.559. The van der Waals surface area contributed by atoms with Crippen molar-refractivity contribution in [2.75, 3.05) is 18.5 Å². The zero-order chi connectivity index (χ0) is 7.23. The summed E-state index contributed by atoms with van der Waals surface area (Å²) in [6, 6.07) is 0. The quantitative estimate of drug-likeness (QED) is 0.414. The van der Waals surface area contributed by atoms with Crippen molar-refractivity contribution < 1.29 is 0 Å². The fourth-order valence-electron chi connectivity index (χ4n) is 1.47. The molecular formula is C8H17BiP. The van der Waals surface area contributed by atoms with Gasteiger partial charge in [0.15, 0.2) is 0 Å². The molecule has 1 aliphatic heterocycles. The minimum absolute atomic E-state index is 0.559. The molecule has 0 aromatic heterocycles. The summed E-state index contributed by atoms with van der Waals surface area (Å²) in [6.07, 6.45) is 11.0. The van der Waals surface area contributed by atoms with Crippen LogP contribution in [0.3, 0.4) is 0 Å². The van der Waals surface area contributed by atoms with Gasteiger partial charge in [-0.25, -0.2) is 0 Å². The van der Waals surface area contributed by atoms with Crippen molar-refractivity contribution in [3.63, 3.8) is 0 Å². The van der Waals surface area contributed by atoms with Crippen molar-refractivity contribution in [1.29, 1.82) is 0 Å². The molecule has 0 bridgehead atoms. The van der Waals surface area contributed by atoms with Crippen LogP contribution in [-0.2, 0) is 0 Å². The molecule has 1 saturated heterocycles. The summed E-state index contributed by atoms with van der Waals surface area (Å²) < 4.78 is 1.53. The summed E-state index contributed by atoms with van der Waals surface area (Å²) in [4.78, 5) is 0. The van der Waals surface area contributed by atoms with Gasteiger partial charge in [-0.2, -0.15) is 0 Å². The molecule has 0 aliphatic carbocycles. The van der Waals surface area contributed by atoms with Crippen LogP contribution in [-0.4, -0.2) is 43.2 Å². The van der Waals surface area contributed by atoms with E-state index in [9.17, 15) is 0 Å². The van der Waals surface area contributed by atoms with E-state index >= 15 is 0 Å². The van der Waals surface area contributed by atoms with E-state index in [4.69, 9.17) is 0 Å². The molecule has 0 saturated carbocycles. The molecule has 1 fully saturated rings. The Labute approximate surface area is 80.8 Å². The third-order valence-corrected chi connectivity index (χ3v) is 6.32. The molecule has 0 amide bonds. The van der Waals surface area contributed by atoms with Crippen LogP contribution in [0.2, 0.25) is 4.13 Å². The van der Waals surface area contributed by atoms with Crippen LogP contribution in [0.1, 0.15) is 25.7 Å². The first-order chi connectivity index (χ1) is 4.93. The summed E-state index contributed by atoms with van der Waals surface area (Å²) in [5.74, 6) is 0. The second-order valence-electron chi connectivity index (χ2n) is 3.01. The molecule has 10 heavy (non-hydrogen) atoms. The first-order valence-corrected chi connectivity index (χ1v) is 8.95. The average molecular weight is 353 g/mol. The molecule has 0 spiro atoms. The monoisotopic (exact) mass is 353 g/mol. The van der Waals surface area contributed by atoms with Crippen LogP contribution < -0.4 is 0 Å². The van der Waals surface area contributed by atoms with E-state index in [0.29, 0.717) is 7.92 Å². The summed E-state index contributed by atoms with van der Waals surface area (Å²) in [5, 5.41) is 0. The molecule has 0 atom stereocenters. The molecule has 0 nitrogen and oxygen atoms in total. The number of rotatable bonds is 4. The zero-order valence-corrected chi connectivity index (χ0v) is 11.4. The Morgan fingerprint density at radius 3 is 2.40 bits per heavy atom. The number of unbranched alkanes of at least 4 members (excludes halogenated alkanes) is 1. The summed E-state index contributed by atoms with van der Waals surface area (Å²) in [5.41, 5.74) is 0. The molecule has 1 heterocycles. The van der Waals surface area contributed by atoms with Crippen LogP contribution in [0.4, 0.5) is 0 Å². The first-order valence-electron chi connectivity index (χ1n) is 4.30. The van der Waals surface area contributed by atoms with Crippen LogP contribution in [0.5, 0.6) is 0 Å². The zero-order valence-electron chi connectivity index (χ0n) is 6.60. The molecule has 59 valence electrons. The second-order valence-corrected chi connectivity index (χ2v) is 7.63. The van der Waals surface area contributed by atoms with Gasteiger partial charge in [-0.05, 0) is 0 Å². The van der Waals surface area contributed by atoms with Gasteiger partial charge in [-0.15, -0.1) is 0 Å². The van der Waals surface area contributed by atoms with Gasteiger partial charge in [0.05, 0.1) is 0 Å². The predicted octanol–water partition coefficient (Wildman–Crippen LogP) is 2.36. The molecular weight excluding hydrogens is 336 g/mol. The van der Waals surface area contributed by atoms with Crippen molar-refractivity contribution in [2.45, 2.75) is 29.8 Å².